The molecule has 1 heterocycles. The van der Waals surface area contributed by atoms with E-state index in [2.05, 4.69) is 4.98 Å². The van der Waals surface area contributed by atoms with Gasteiger partial charge in [0.05, 0.1) is 10.0 Å². The van der Waals surface area contributed by atoms with Crippen molar-refractivity contribution in [3.63, 3.8) is 0 Å². The minimum Gasteiger partial charge on any atom is -0.455 e. The van der Waals surface area contributed by atoms with Gasteiger partial charge in [-0.25, -0.2) is 9.78 Å². The van der Waals surface area contributed by atoms with E-state index in [-0.39, 0.29) is 5.69 Å². The number of hydrogen-bond acceptors (Lipinski definition) is 4. The number of pyridine rings is 1. The van der Waals surface area contributed by atoms with Crippen LogP contribution >= 0.6 is 23.4 Å². The lowest BCUT2D eigenvalue weighted by Gasteiger charge is -2.19. The third-order valence-electron chi connectivity index (χ3n) is 1.62. The van der Waals surface area contributed by atoms with Crippen molar-refractivity contribution < 1.29 is 9.53 Å². The van der Waals surface area contributed by atoms with Gasteiger partial charge in [0, 0.05) is 0 Å². The van der Waals surface area contributed by atoms with Crippen LogP contribution in [0.4, 0.5) is 0 Å². The Bertz CT molecular complexity index is 401. The molecule has 0 aliphatic heterocycles. The van der Waals surface area contributed by atoms with E-state index in [1.807, 2.05) is 6.26 Å². The van der Waals surface area contributed by atoms with Gasteiger partial charge in [0.1, 0.15) is 5.60 Å². The van der Waals surface area contributed by atoms with E-state index < -0.39 is 11.6 Å². The van der Waals surface area contributed by atoms with Crippen molar-refractivity contribution in [2.45, 2.75) is 31.4 Å². The van der Waals surface area contributed by atoms with Crippen LogP contribution in [0.2, 0.25) is 5.02 Å². The monoisotopic (exact) mass is 259 g/mol. The van der Waals surface area contributed by atoms with E-state index in [0.29, 0.717) is 5.02 Å². The maximum absolute atomic E-state index is 11.8. The van der Waals surface area contributed by atoms with Gasteiger partial charge in [-0.1, -0.05) is 11.6 Å². The Morgan fingerprint density at radius 3 is 2.56 bits per heavy atom. The molecular formula is C11H14ClNO2S. The molecular weight excluding hydrogens is 246 g/mol. The fourth-order valence-electron chi connectivity index (χ4n) is 1.01. The molecule has 88 valence electrons. The predicted octanol–water partition coefficient (Wildman–Crippen LogP) is 3.41. The highest BCUT2D eigenvalue weighted by molar-refractivity contribution is 7.98. The number of hydrogen-bond donors (Lipinski definition) is 0. The number of ether oxygens (including phenoxy) is 1. The summed E-state index contributed by atoms with van der Waals surface area (Å²) in [5, 5.41) is 1.05. The molecule has 0 atom stereocenters. The summed E-state index contributed by atoms with van der Waals surface area (Å²) in [7, 11) is 0. The second-order valence-corrected chi connectivity index (χ2v) is 5.42. The first kappa shape index (κ1) is 13.3. The Kier molecular flexibility index (Phi) is 4.21. The summed E-state index contributed by atoms with van der Waals surface area (Å²) in [5.41, 5.74) is -0.374. The molecule has 0 amide bonds. The third kappa shape index (κ3) is 3.68. The first-order valence-electron chi connectivity index (χ1n) is 4.77. The summed E-state index contributed by atoms with van der Waals surface area (Å²) in [5.74, 6) is -0.492. The summed E-state index contributed by atoms with van der Waals surface area (Å²) in [6.07, 6.45) is 1.88. The molecule has 3 nitrogen and oxygen atoms in total. The zero-order valence-corrected chi connectivity index (χ0v) is 11.3. The first-order chi connectivity index (χ1) is 7.33. The molecule has 0 aliphatic rings. The molecule has 0 aromatic carbocycles. The van der Waals surface area contributed by atoms with Gasteiger partial charge >= 0.3 is 5.97 Å². The fraction of sp³-hybridized carbons (Fsp3) is 0.455. The average molecular weight is 260 g/mol. The number of halogens is 1. The van der Waals surface area contributed by atoms with Crippen molar-refractivity contribution in [1.82, 2.24) is 4.98 Å². The lowest BCUT2D eigenvalue weighted by atomic mass is 10.2. The Morgan fingerprint density at radius 2 is 2.06 bits per heavy atom. The number of thioether (sulfide) groups is 1. The van der Waals surface area contributed by atoms with Crippen molar-refractivity contribution in [3.05, 3.63) is 22.8 Å². The highest BCUT2D eigenvalue weighted by Gasteiger charge is 2.21. The number of carbonyl (C=O) groups excluding carboxylic acids is 1. The summed E-state index contributed by atoms with van der Waals surface area (Å²) in [6.45, 7) is 5.41. The number of rotatable bonds is 2. The van der Waals surface area contributed by atoms with E-state index in [4.69, 9.17) is 16.3 Å². The largest absolute Gasteiger partial charge is 0.455 e. The van der Waals surface area contributed by atoms with Crippen molar-refractivity contribution in [2.75, 3.05) is 6.26 Å². The van der Waals surface area contributed by atoms with Crippen molar-refractivity contribution in [2.24, 2.45) is 0 Å². The molecule has 0 spiro atoms. The van der Waals surface area contributed by atoms with Crippen LogP contribution < -0.4 is 0 Å². The van der Waals surface area contributed by atoms with E-state index >= 15 is 0 Å². The van der Waals surface area contributed by atoms with Gasteiger partial charge in [-0.15, -0.1) is 11.8 Å². The zero-order chi connectivity index (χ0) is 12.3. The number of aromatic nitrogens is 1. The minimum atomic E-state index is -0.544. The Hall–Kier alpha value is -0.740. The molecule has 0 radical (unpaired) electrons. The van der Waals surface area contributed by atoms with Gasteiger partial charge in [0.15, 0.2) is 5.69 Å². The molecule has 0 unspecified atom stereocenters. The Labute approximate surface area is 105 Å². The maximum atomic E-state index is 11.8. The quantitative estimate of drug-likeness (QED) is 0.603. The van der Waals surface area contributed by atoms with Crippen LogP contribution in [0.15, 0.2) is 17.2 Å². The number of carbonyl (C=O) groups is 1. The van der Waals surface area contributed by atoms with E-state index in [9.17, 15) is 4.79 Å². The highest BCUT2D eigenvalue weighted by Crippen LogP contribution is 2.21. The van der Waals surface area contributed by atoms with Gasteiger partial charge < -0.3 is 4.74 Å². The number of nitrogens with zero attached hydrogens (tertiary/aromatic N) is 1. The molecule has 0 aliphatic carbocycles. The molecule has 0 N–H and O–H groups in total. The van der Waals surface area contributed by atoms with Gasteiger partial charge in [0.2, 0.25) is 0 Å². The van der Waals surface area contributed by atoms with Crippen LogP contribution in [0.5, 0.6) is 0 Å². The van der Waals surface area contributed by atoms with Crippen LogP contribution in [0.25, 0.3) is 0 Å². The molecule has 0 saturated carbocycles. The maximum Gasteiger partial charge on any atom is 0.359 e. The summed E-state index contributed by atoms with van der Waals surface area (Å²) < 4.78 is 5.21. The Balaban J connectivity index is 2.98. The lowest BCUT2D eigenvalue weighted by Crippen LogP contribution is -2.24. The van der Waals surface area contributed by atoms with Gasteiger partial charge in [-0.2, -0.15) is 0 Å². The molecule has 5 heteroatoms. The van der Waals surface area contributed by atoms with E-state index in [1.54, 1.807) is 32.9 Å². The average Bonchev–Trinajstić information content (AvgIpc) is 2.15. The van der Waals surface area contributed by atoms with Crippen LogP contribution in [0, 0.1) is 0 Å². The first-order valence-corrected chi connectivity index (χ1v) is 6.37. The van der Waals surface area contributed by atoms with Crippen LogP contribution in [-0.4, -0.2) is 22.8 Å². The molecule has 0 saturated heterocycles. The molecule has 16 heavy (non-hydrogen) atoms. The van der Waals surface area contributed by atoms with Crippen molar-refractivity contribution >= 4 is 29.3 Å². The zero-order valence-electron chi connectivity index (χ0n) is 9.70. The van der Waals surface area contributed by atoms with E-state index in [1.165, 1.54) is 11.8 Å². The topological polar surface area (TPSA) is 39.2 Å². The standard InChI is InChI=1S/C11H14ClNO2S/c1-11(2,3)15-10(14)9-7(12)5-6-8(13-9)16-4/h5-6H,1-4H3. The normalized spacial score (nSPS) is 11.3. The predicted molar refractivity (Wildman–Crippen MR) is 66.2 cm³/mol. The smallest absolute Gasteiger partial charge is 0.359 e. The number of esters is 1. The summed E-state index contributed by atoms with van der Waals surface area (Å²) in [4.78, 5) is 15.9. The van der Waals surface area contributed by atoms with Gasteiger partial charge in [-0.3, -0.25) is 0 Å². The van der Waals surface area contributed by atoms with Crippen LogP contribution in [-0.2, 0) is 4.74 Å². The summed E-state index contributed by atoms with van der Waals surface area (Å²) in [6, 6.07) is 3.42. The SMILES string of the molecule is CSc1ccc(Cl)c(C(=O)OC(C)(C)C)n1. The van der Waals surface area contributed by atoms with E-state index in [0.717, 1.165) is 5.03 Å². The highest BCUT2D eigenvalue weighted by atomic mass is 35.5. The van der Waals surface area contributed by atoms with Crippen molar-refractivity contribution in [1.29, 1.82) is 0 Å². The lowest BCUT2D eigenvalue weighted by molar-refractivity contribution is 0.00623. The second-order valence-electron chi connectivity index (χ2n) is 4.19. The fourth-order valence-corrected chi connectivity index (χ4v) is 1.58. The minimum absolute atomic E-state index is 0.170. The molecule has 1 aromatic heterocycles. The molecule has 1 aromatic rings. The van der Waals surface area contributed by atoms with Gasteiger partial charge in [0.25, 0.3) is 0 Å². The van der Waals surface area contributed by atoms with Crippen LogP contribution in [0.1, 0.15) is 31.3 Å². The molecule has 0 bridgehead atoms. The van der Waals surface area contributed by atoms with Gasteiger partial charge in [-0.05, 0) is 39.2 Å². The van der Waals surface area contributed by atoms with Crippen molar-refractivity contribution in [3.8, 4) is 0 Å². The third-order valence-corrected chi connectivity index (χ3v) is 2.57. The van der Waals surface area contributed by atoms with Crippen LogP contribution in [0.3, 0.4) is 0 Å². The molecule has 0 fully saturated rings. The summed E-state index contributed by atoms with van der Waals surface area (Å²) >= 11 is 7.35. The molecule has 1 rings (SSSR count). The second kappa shape index (κ2) is 5.06. The Morgan fingerprint density at radius 1 is 1.44 bits per heavy atom.